The number of alkyl carbamates (subject to hydrolysis) is 1. The number of methoxy groups -OCH3 is 1. The third-order valence-corrected chi connectivity index (χ3v) is 6.01. The minimum atomic E-state index is -0.971. The first kappa shape index (κ1) is 25.5. The van der Waals surface area contributed by atoms with Crippen LogP contribution in [-0.2, 0) is 38.5 Å². The van der Waals surface area contributed by atoms with E-state index in [1.807, 2.05) is 91.1 Å². The van der Waals surface area contributed by atoms with Gasteiger partial charge in [0.05, 0.1) is 7.11 Å². The van der Waals surface area contributed by atoms with Gasteiger partial charge in [0.1, 0.15) is 18.7 Å². The van der Waals surface area contributed by atoms with Crippen molar-refractivity contribution in [1.82, 2.24) is 15.6 Å². The predicted octanol–water partition coefficient (Wildman–Crippen LogP) is 3.91. The van der Waals surface area contributed by atoms with E-state index in [9.17, 15) is 14.4 Å². The Labute approximate surface area is 215 Å². The van der Waals surface area contributed by atoms with E-state index in [-0.39, 0.29) is 19.4 Å². The minimum Gasteiger partial charge on any atom is -0.467 e. The van der Waals surface area contributed by atoms with Crippen molar-refractivity contribution < 1.29 is 23.9 Å². The number of aromatic nitrogens is 1. The fourth-order valence-corrected chi connectivity index (χ4v) is 4.09. The quantitative estimate of drug-likeness (QED) is 0.287. The van der Waals surface area contributed by atoms with Gasteiger partial charge in [0.2, 0.25) is 5.91 Å². The van der Waals surface area contributed by atoms with E-state index in [1.165, 1.54) is 7.11 Å². The second-order valence-electron chi connectivity index (χ2n) is 8.60. The number of hydrogen-bond acceptors (Lipinski definition) is 5. The summed E-state index contributed by atoms with van der Waals surface area (Å²) in [7, 11) is 1.28. The molecule has 4 rings (SSSR count). The number of nitrogens with one attached hydrogen (secondary N) is 3. The molecule has 3 N–H and O–H groups in total. The van der Waals surface area contributed by atoms with Gasteiger partial charge in [0.15, 0.2) is 0 Å². The molecule has 0 unspecified atom stereocenters. The second kappa shape index (κ2) is 12.4. The van der Waals surface area contributed by atoms with E-state index >= 15 is 0 Å². The Balaban J connectivity index is 1.48. The van der Waals surface area contributed by atoms with Crippen molar-refractivity contribution in [1.29, 1.82) is 0 Å². The summed E-state index contributed by atoms with van der Waals surface area (Å²) in [4.78, 5) is 41.8. The van der Waals surface area contributed by atoms with Gasteiger partial charge in [-0.1, -0.05) is 78.9 Å². The van der Waals surface area contributed by atoms with Crippen LogP contribution in [0, 0.1) is 0 Å². The number of esters is 1. The van der Waals surface area contributed by atoms with Crippen LogP contribution in [-0.4, -0.2) is 42.1 Å². The van der Waals surface area contributed by atoms with E-state index in [0.29, 0.717) is 0 Å². The zero-order valence-corrected chi connectivity index (χ0v) is 20.5. The van der Waals surface area contributed by atoms with Gasteiger partial charge in [-0.3, -0.25) is 4.79 Å². The lowest BCUT2D eigenvalue weighted by molar-refractivity contribution is -0.145. The number of ether oxygens (including phenoxy) is 2. The molecule has 2 amide bonds. The van der Waals surface area contributed by atoms with Gasteiger partial charge in [0.25, 0.3) is 0 Å². The highest BCUT2D eigenvalue weighted by atomic mass is 16.5. The molecule has 0 saturated heterocycles. The van der Waals surface area contributed by atoms with Crippen LogP contribution in [0.3, 0.4) is 0 Å². The standard InChI is InChI=1S/C29H29N3O5/c1-36-28(34)26(17-22-18-30-24-15-9-8-14-23(22)24)31-27(33)25(16-20-10-4-2-5-11-20)32-29(35)37-19-21-12-6-3-7-13-21/h2-15,18,25-26,30H,16-17,19H2,1H3,(H,31,33)(H,32,35)/t25-,26+/m1/s1. The molecule has 0 aliphatic rings. The first-order chi connectivity index (χ1) is 18.0. The third-order valence-electron chi connectivity index (χ3n) is 6.01. The van der Waals surface area contributed by atoms with Crippen LogP contribution < -0.4 is 10.6 Å². The number of amides is 2. The summed E-state index contributed by atoms with van der Waals surface area (Å²) >= 11 is 0. The molecule has 8 nitrogen and oxygen atoms in total. The van der Waals surface area contributed by atoms with Crippen LogP contribution in [0.25, 0.3) is 10.9 Å². The topological polar surface area (TPSA) is 110 Å². The fraction of sp³-hybridized carbons (Fsp3) is 0.207. The molecule has 1 aromatic heterocycles. The maximum atomic E-state index is 13.4. The minimum absolute atomic E-state index is 0.0672. The number of H-pyrrole nitrogens is 1. The number of carbonyl (C=O) groups excluding carboxylic acids is 3. The summed E-state index contributed by atoms with van der Waals surface area (Å²) in [6, 6.07) is 24.3. The summed E-state index contributed by atoms with van der Waals surface area (Å²) < 4.78 is 10.3. The lowest BCUT2D eigenvalue weighted by Crippen LogP contribution is -2.53. The van der Waals surface area contributed by atoms with Crippen molar-refractivity contribution in [3.63, 3.8) is 0 Å². The van der Waals surface area contributed by atoms with E-state index in [1.54, 1.807) is 0 Å². The number of aromatic amines is 1. The number of fused-ring (bicyclic) bond motifs is 1. The number of carbonyl (C=O) groups is 3. The van der Waals surface area contributed by atoms with Crippen molar-refractivity contribution in [3.05, 3.63) is 108 Å². The molecule has 0 aliphatic heterocycles. The molecule has 190 valence electrons. The Morgan fingerprint density at radius 1 is 0.784 bits per heavy atom. The number of benzene rings is 3. The van der Waals surface area contributed by atoms with Gasteiger partial charge in [-0.2, -0.15) is 0 Å². The maximum absolute atomic E-state index is 13.4. The summed E-state index contributed by atoms with van der Waals surface area (Å²) in [5, 5.41) is 6.38. The molecule has 4 aromatic rings. The first-order valence-electron chi connectivity index (χ1n) is 12.0. The smallest absolute Gasteiger partial charge is 0.408 e. The Hall–Kier alpha value is -4.59. The Morgan fingerprint density at radius 2 is 1.43 bits per heavy atom. The van der Waals surface area contributed by atoms with Crippen LogP contribution in [0.15, 0.2) is 91.1 Å². The van der Waals surface area contributed by atoms with Gasteiger partial charge in [-0.05, 0) is 22.8 Å². The molecular weight excluding hydrogens is 470 g/mol. The van der Waals surface area contributed by atoms with Crippen LogP contribution >= 0.6 is 0 Å². The van der Waals surface area contributed by atoms with E-state index < -0.39 is 30.1 Å². The van der Waals surface area contributed by atoms with Gasteiger partial charge < -0.3 is 25.1 Å². The molecule has 0 radical (unpaired) electrons. The predicted molar refractivity (Wildman–Crippen MR) is 140 cm³/mol. The van der Waals surface area contributed by atoms with Gasteiger partial charge in [-0.25, -0.2) is 9.59 Å². The molecule has 0 bridgehead atoms. The fourth-order valence-electron chi connectivity index (χ4n) is 4.09. The highest BCUT2D eigenvalue weighted by Crippen LogP contribution is 2.19. The average molecular weight is 500 g/mol. The zero-order valence-electron chi connectivity index (χ0n) is 20.5. The molecule has 2 atom stereocenters. The van der Waals surface area contributed by atoms with Gasteiger partial charge in [-0.15, -0.1) is 0 Å². The largest absolute Gasteiger partial charge is 0.467 e. The second-order valence-corrected chi connectivity index (χ2v) is 8.60. The monoisotopic (exact) mass is 499 g/mol. The van der Waals surface area contributed by atoms with Crippen LogP contribution in [0.1, 0.15) is 16.7 Å². The lowest BCUT2D eigenvalue weighted by atomic mass is 10.0. The maximum Gasteiger partial charge on any atom is 0.408 e. The van der Waals surface area contributed by atoms with Crippen molar-refractivity contribution in [2.75, 3.05) is 7.11 Å². The van der Waals surface area contributed by atoms with Crippen LogP contribution in [0.5, 0.6) is 0 Å². The Bertz CT molecular complexity index is 1340. The van der Waals surface area contributed by atoms with E-state index in [2.05, 4.69) is 15.6 Å². The molecule has 0 saturated carbocycles. The SMILES string of the molecule is COC(=O)[C@H](Cc1c[nH]c2ccccc12)NC(=O)[C@@H](Cc1ccccc1)NC(=O)OCc1ccccc1. The third kappa shape index (κ3) is 6.98. The number of hydrogen-bond donors (Lipinski definition) is 3. The van der Waals surface area contributed by atoms with E-state index in [4.69, 9.17) is 9.47 Å². The molecule has 0 fully saturated rings. The summed E-state index contributed by atoms with van der Waals surface area (Å²) in [5.41, 5.74) is 3.46. The van der Waals surface area contributed by atoms with Gasteiger partial charge >= 0.3 is 12.1 Å². The van der Waals surface area contributed by atoms with Crippen molar-refractivity contribution in [2.24, 2.45) is 0 Å². The Kier molecular flexibility index (Phi) is 8.54. The van der Waals surface area contributed by atoms with Crippen molar-refractivity contribution in [3.8, 4) is 0 Å². The molecule has 8 heteroatoms. The molecule has 1 heterocycles. The molecule has 37 heavy (non-hydrogen) atoms. The van der Waals surface area contributed by atoms with Crippen LogP contribution in [0.2, 0.25) is 0 Å². The van der Waals surface area contributed by atoms with E-state index in [0.717, 1.165) is 27.6 Å². The Morgan fingerprint density at radius 3 is 2.14 bits per heavy atom. The normalized spacial score (nSPS) is 12.4. The summed E-state index contributed by atoms with van der Waals surface area (Å²) in [6.07, 6.45) is 1.52. The zero-order chi connectivity index (χ0) is 26.0. The van der Waals surface area contributed by atoms with Crippen molar-refractivity contribution >= 4 is 28.9 Å². The van der Waals surface area contributed by atoms with Crippen molar-refractivity contribution in [2.45, 2.75) is 31.5 Å². The molecule has 0 aliphatic carbocycles. The molecule has 3 aromatic carbocycles. The first-order valence-corrected chi connectivity index (χ1v) is 12.0. The lowest BCUT2D eigenvalue weighted by Gasteiger charge is -2.22. The molecule has 0 spiro atoms. The summed E-state index contributed by atoms with van der Waals surface area (Å²) in [6.45, 7) is 0.0672. The summed E-state index contributed by atoms with van der Waals surface area (Å²) in [5.74, 6) is -1.10. The molecular formula is C29H29N3O5. The van der Waals surface area contributed by atoms with Crippen LogP contribution in [0.4, 0.5) is 4.79 Å². The average Bonchev–Trinajstić information content (AvgIpc) is 3.34. The number of para-hydroxylation sites is 1. The number of rotatable bonds is 10. The van der Waals surface area contributed by atoms with Gasteiger partial charge in [0, 0.05) is 29.9 Å². The highest BCUT2D eigenvalue weighted by Gasteiger charge is 2.29. The highest BCUT2D eigenvalue weighted by molar-refractivity contribution is 5.91.